The van der Waals surface area contributed by atoms with Crippen molar-refractivity contribution in [2.24, 2.45) is 0 Å². The number of ether oxygens (including phenoxy) is 1. The molecule has 0 saturated carbocycles. The molecule has 0 N–H and O–H groups in total. The van der Waals surface area contributed by atoms with Gasteiger partial charge in [0.15, 0.2) is 0 Å². The Bertz CT molecular complexity index is 444. The zero-order valence-electron chi connectivity index (χ0n) is 14.1. The summed E-state index contributed by atoms with van der Waals surface area (Å²) in [5.41, 5.74) is 2.29. The van der Waals surface area contributed by atoms with Crippen LogP contribution in [0.4, 0.5) is 5.69 Å². The minimum atomic E-state index is -0.0710. The molecule has 4 heteroatoms. The lowest BCUT2D eigenvalue weighted by molar-refractivity contribution is -0.0372. The third-order valence-electron chi connectivity index (χ3n) is 4.30. The molecule has 0 radical (unpaired) electrons. The van der Waals surface area contributed by atoms with Crippen molar-refractivity contribution in [3.05, 3.63) is 24.0 Å². The monoisotopic (exact) mass is 291 g/mol. The van der Waals surface area contributed by atoms with Crippen LogP contribution < -0.4 is 4.90 Å². The van der Waals surface area contributed by atoms with E-state index in [0.717, 1.165) is 38.2 Å². The molecule has 0 amide bonds. The molecule has 1 aliphatic rings. The molecule has 4 nitrogen and oxygen atoms in total. The zero-order chi connectivity index (χ0) is 15.5. The van der Waals surface area contributed by atoms with Gasteiger partial charge in [0, 0.05) is 32.4 Å². The van der Waals surface area contributed by atoms with Crippen molar-refractivity contribution in [1.29, 1.82) is 0 Å². The second-order valence-corrected chi connectivity index (χ2v) is 6.75. The van der Waals surface area contributed by atoms with Crippen LogP contribution in [0, 0.1) is 0 Å². The van der Waals surface area contributed by atoms with Crippen molar-refractivity contribution in [3.63, 3.8) is 0 Å². The number of rotatable bonds is 5. The van der Waals surface area contributed by atoms with Gasteiger partial charge < -0.3 is 14.5 Å². The molecule has 0 bridgehead atoms. The molecular formula is C17H29N3O. The number of anilines is 1. The summed E-state index contributed by atoms with van der Waals surface area (Å²) in [4.78, 5) is 9.22. The standard InChI is InChI=1S/C17H29N3O/c1-14(2)16-8-7-15(11-18-16)20-10-6-9-17(13-20,21-5)12-19(3)4/h7-8,11,14H,6,9-10,12-13H2,1-5H3/t17-/m0/s1. The van der Waals surface area contributed by atoms with E-state index < -0.39 is 0 Å². The van der Waals surface area contributed by atoms with E-state index in [0.29, 0.717) is 5.92 Å². The minimum absolute atomic E-state index is 0.0710. The van der Waals surface area contributed by atoms with Crippen molar-refractivity contribution in [1.82, 2.24) is 9.88 Å². The highest BCUT2D eigenvalue weighted by Crippen LogP contribution is 2.29. The van der Waals surface area contributed by atoms with Gasteiger partial charge in [-0.05, 0) is 45.0 Å². The number of aromatic nitrogens is 1. The quantitative estimate of drug-likeness (QED) is 0.834. The summed E-state index contributed by atoms with van der Waals surface area (Å²) in [6.07, 6.45) is 4.29. The Morgan fingerprint density at radius 1 is 1.38 bits per heavy atom. The van der Waals surface area contributed by atoms with Gasteiger partial charge >= 0.3 is 0 Å². The van der Waals surface area contributed by atoms with Crippen molar-refractivity contribution in [3.8, 4) is 0 Å². The third-order valence-corrected chi connectivity index (χ3v) is 4.30. The molecule has 1 aromatic rings. The summed E-state index contributed by atoms with van der Waals surface area (Å²) >= 11 is 0. The SMILES string of the molecule is CO[C@]1(CN(C)C)CCCN(c2ccc(C(C)C)nc2)C1. The molecular weight excluding hydrogens is 262 g/mol. The Balaban J connectivity index is 2.12. The maximum Gasteiger partial charge on any atom is 0.0979 e. The normalized spacial score (nSPS) is 23.1. The molecule has 2 rings (SSSR count). The lowest BCUT2D eigenvalue weighted by Gasteiger charge is -2.44. The average molecular weight is 291 g/mol. The molecule has 0 aliphatic carbocycles. The van der Waals surface area contributed by atoms with Crippen LogP contribution in [0.1, 0.15) is 38.3 Å². The molecule has 2 heterocycles. The molecule has 0 spiro atoms. The van der Waals surface area contributed by atoms with E-state index in [1.807, 2.05) is 13.3 Å². The summed E-state index contributed by atoms with van der Waals surface area (Å²) in [6, 6.07) is 4.35. The summed E-state index contributed by atoms with van der Waals surface area (Å²) < 4.78 is 5.90. The Labute approximate surface area is 129 Å². The van der Waals surface area contributed by atoms with Crippen molar-refractivity contribution in [2.75, 3.05) is 45.7 Å². The van der Waals surface area contributed by atoms with Crippen molar-refractivity contribution >= 4 is 5.69 Å². The van der Waals surface area contributed by atoms with Crippen LogP contribution in [-0.2, 0) is 4.74 Å². The predicted octanol–water partition coefficient (Wildman–Crippen LogP) is 2.75. The minimum Gasteiger partial charge on any atom is -0.375 e. The summed E-state index contributed by atoms with van der Waals surface area (Å²) in [5.74, 6) is 0.479. The van der Waals surface area contributed by atoms with Gasteiger partial charge in [-0.1, -0.05) is 13.8 Å². The summed E-state index contributed by atoms with van der Waals surface area (Å²) in [5, 5.41) is 0. The van der Waals surface area contributed by atoms with E-state index in [2.05, 4.69) is 54.9 Å². The molecule has 0 aromatic carbocycles. The lowest BCUT2D eigenvalue weighted by atomic mass is 9.91. The molecule has 1 aliphatic heterocycles. The third kappa shape index (κ3) is 3.95. The van der Waals surface area contributed by atoms with Gasteiger partial charge in [0.05, 0.1) is 17.5 Å². The molecule has 0 unspecified atom stereocenters. The van der Waals surface area contributed by atoms with Crippen LogP contribution in [0.2, 0.25) is 0 Å². The van der Waals surface area contributed by atoms with Crippen LogP contribution in [0.3, 0.4) is 0 Å². The maximum absolute atomic E-state index is 5.90. The van der Waals surface area contributed by atoms with Crippen molar-refractivity contribution in [2.45, 2.75) is 38.2 Å². The lowest BCUT2D eigenvalue weighted by Crippen LogP contribution is -2.54. The Hall–Kier alpha value is -1.13. The molecule has 1 atom stereocenters. The van der Waals surface area contributed by atoms with Gasteiger partial charge in [-0.2, -0.15) is 0 Å². The van der Waals surface area contributed by atoms with E-state index in [1.165, 1.54) is 5.69 Å². The van der Waals surface area contributed by atoms with Gasteiger partial charge in [-0.25, -0.2) is 0 Å². The molecule has 1 saturated heterocycles. The number of nitrogens with zero attached hydrogens (tertiary/aromatic N) is 3. The van der Waals surface area contributed by atoms with Crippen LogP contribution in [0.25, 0.3) is 0 Å². The highest BCUT2D eigenvalue weighted by atomic mass is 16.5. The van der Waals surface area contributed by atoms with Gasteiger partial charge in [0.25, 0.3) is 0 Å². The molecule has 1 fully saturated rings. The first kappa shape index (κ1) is 16.2. The first-order valence-corrected chi connectivity index (χ1v) is 7.86. The Kier molecular flexibility index (Phi) is 5.22. The van der Waals surface area contributed by atoms with Crippen LogP contribution in [-0.4, -0.2) is 56.3 Å². The van der Waals surface area contributed by atoms with Crippen LogP contribution in [0.15, 0.2) is 18.3 Å². The number of likely N-dealkylation sites (N-methyl/N-ethyl adjacent to an activating group) is 1. The fourth-order valence-electron chi connectivity index (χ4n) is 3.18. The van der Waals surface area contributed by atoms with E-state index in [-0.39, 0.29) is 5.60 Å². The molecule has 118 valence electrons. The second-order valence-electron chi connectivity index (χ2n) is 6.75. The number of methoxy groups -OCH3 is 1. The van der Waals surface area contributed by atoms with Gasteiger partial charge in [-0.3, -0.25) is 4.98 Å². The van der Waals surface area contributed by atoms with Gasteiger partial charge in [0.2, 0.25) is 0 Å². The van der Waals surface area contributed by atoms with Crippen LogP contribution in [0.5, 0.6) is 0 Å². The Morgan fingerprint density at radius 3 is 2.67 bits per heavy atom. The fraction of sp³-hybridized carbons (Fsp3) is 0.706. The van der Waals surface area contributed by atoms with Gasteiger partial charge in [0.1, 0.15) is 0 Å². The second kappa shape index (κ2) is 6.75. The largest absolute Gasteiger partial charge is 0.375 e. The molecule has 21 heavy (non-hydrogen) atoms. The number of pyridine rings is 1. The molecule has 1 aromatic heterocycles. The van der Waals surface area contributed by atoms with E-state index in [4.69, 9.17) is 4.74 Å². The summed E-state index contributed by atoms with van der Waals surface area (Å²) in [7, 11) is 6.06. The smallest absolute Gasteiger partial charge is 0.0979 e. The van der Waals surface area contributed by atoms with Crippen LogP contribution >= 0.6 is 0 Å². The van der Waals surface area contributed by atoms with Crippen molar-refractivity contribution < 1.29 is 4.74 Å². The zero-order valence-corrected chi connectivity index (χ0v) is 14.1. The summed E-state index contributed by atoms with van der Waals surface area (Å²) in [6.45, 7) is 7.33. The van der Waals surface area contributed by atoms with E-state index in [9.17, 15) is 0 Å². The first-order valence-electron chi connectivity index (χ1n) is 7.86. The highest BCUT2D eigenvalue weighted by Gasteiger charge is 2.36. The first-order chi connectivity index (χ1) is 9.96. The topological polar surface area (TPSA) is 28.6 Å². The van der Waals surface area contributed by atoms with Gasteiger partial charge in [-0.15, -0.1) is 0 Å². The Morgan fingerprint density at radius 2 is 2.14 bits per heavy atom. The highest BCUT2D eigenvalue weighted by molar-refractivity contribution is 5.46. The maximum atomic E-state index is 5.90. The predicted molar refractivity (Wildman–Crippen MR) is 88.1 cm³/mol. The number of piperidine rings is 1. The van der Waals surface area contributed by atoms with E-state index >= 15 is 0 Å². The number of hydrogen-bond donors (Lipinski definition) is 0. The van der Waals surface area contributed by atoms with E-state index in [1.54, 1.807) is 0 Å². The number of hydrogen-bond acceptors (Lipinski definition) is 4. The fourth-order valence-corrected chi connectivity index (χ4v) is 3.18. The average Bonchev–Trinajstić information content (AvgIpc) is 2.47.